The van der Waals surface area contributed by atoms with Gasteiger partial charge in [-0.25, -0.2) is 0 Å². The van der Waals surface area contributed by atoms with Crippen LogP contribution in [0.2, 0.25) is 0 Å². The van der Waals surface area contributed by atoms with Gasteiger partial charge in [0.2, 0.25) is 0 Å². The normalized spacial score (nSPS) is 19.7. The van der Waals surface area contributed by atoms with E-state index in [4.69, 9.17) is 5.73 Å². The Kier molecular flexibility index (Phi) is 4.23. The Labute approximate surface area is 115 Å². The van der Waals surface area contributed by atoms with Gasteiger partial charge in [-0.2, -0.15) is 13.2 Å². The van der Waals surface area contributed by atoms with Crippen LogP contribution in [0.4, 0.5) is 13.2 Å². The molecule has 0 spiro atoms. The van der Waals surface area contributed by atoms with Crippen molar-refractivity contribution in [2.45, 2.75) is 51.0 Å². The van der Waals surface area contributed by atoms with Crippen LogP contribution < -0.4 is 5.73 Å². The van der Waals surface area contributed by atoms with E-state index >= 15 is 0 Å². The van der Waals surface area contributed by atoms with E-state index in [9.17, 15) is 13.2 Å². The van der Waals surface area contributed by atoms with Gasteiger partial charge in [-0.05, 0) is 38.8 Å². The Balaban J connectivity index is 2.24. The van der Waals surface area contributed by atoms with E-state index in [1.807, 2.05) is 19.1 Å². The highest BCUT2D eigenvalue weighted by Gasteiger charge is 2.43. The molecule has 0 bridgehead atoms. The zero-order chi connectivity index (χ0) is 14.2. The molecule has 2 unspecified atom stereocenters. The zero-order valence-corrected chi connectivity index (χ0v) is 11.9. The van der Waals surface area contributed by atoms with E-state index < -0.39 is 12.7 Å². The molecular weight excluding hydrogens is 273 g/mol. The van der Waals surface area contributed by atoms with E-state index in [1.165, 1.54) is 16.2 Å². The standard InChI is InChI=1S/C13H19F3N2S/c1-8-3-6-11(19-8)12(9(2)17)18(10-4-5-10)7-13(14,15)16/h3,6,9-10,12H,4-5,7,17H2,1-2H3. The van der Waals surface area contributed by atoms with Crippen molar-refractivity contribution in [3.8, 4) is 0 Å². The second kappa shape index (κ2) is 5.42. The van der Waals surface area contributed by atoms with Crippen LogP contribution in [0.25, 0.3) is 0 Å². The molecule has 1 aromatic heterocycles. The quantitative estimate of drug-likeness (QED) is 0.900. The molecule has 0 saturated heterocycles. The second-order valence-corrected chi connectivity index (χ2v) is 6.59. The third-order valence-corrected chi connectivity index (χ3v) is 4.36. The van der Waals surface area contributed by atoms with Crippen molar-refractivity contribution in [1.82, 2.24) is 4.90 Å². The summed E-state index contributed by atoms with van der Waals surface area (Å²) in [7, 11) is 0. The lowest BCUT2D eigenvalue weighted by molar-refractivity contribution is -0.153. The number of nitrogens with two attached hydrogens (primary N) is 1. The number of thiophene rings is 1. The van der Waals surface area contributed by atoms with E-state index in [0.29, 0.717) is 0 Å². The fourth-order valence-corrected chi connectivity index (χ4v) is 3.52. The molecule has 2 nitrogen and oxygen atoms in total. The van der Waals surface area contributed by atoms with Gasteiger partial charge in [0.15, 0.2) is 0 Å². The first-order valence-electron chi connectivity index (χ1n) is 6.42. The van der Waals surface area contributed by atoms with Crippen molar-refractivity contribution in [2.24, 2.45) is 5.73 Å². The molecule has 6 heteroatoms. The maximum Gasteiger partial charge on any atom is 0.401 e. The molecule has 2 atom stereocenters. The molecule has 0 radical (unpaired) electrons. The molecule has 1 saturated carbocycles. The largest absolute Gasteiger partial charge is 0.401 e. The molecule has 19 heavy (non-hydrogen) atoms. The van der Waals surface area contributed by atoms with E-state index in [1.54, 1.807) is 6.92 Å². The predicted octanol–water partition coefficient (Wildman–Crippen LogP) is 3.47. The summed E-state index contributed by atoms with van der Waals surface area (Å²) in [6.45, 7) is 2.87. The highest BCUT2D eigenvalue weighted by Crippen LogP contribution is 2.39. The molecule has 0 aromatic carbocycles. The fraction of sp³-hybridized carbons (Fsp3) is 0.692. The smallest absolute Gasteiger partial charge is 0.326 e. The summed E-state index contributed by atoms with van der Waals surface area (Å²) in [5.74, 6) is 0. The van der Waals surface area contributed by atoms with Crippen molar-refractivity contribution in [2.75, 3.05) is 6.54 Å². The molecule has 1 heterocycles. The molecule has 1 fully saturated rings. The van der Waals surface area contributed by atoms with Gasteiger partial charge in [-0.1, -0.05) is 0 Å². The first-order valence-corrected chi connectivity index (χ1v) is 7.24. The molecule has 0 aliphatic heterocycles. The highest BCUT2D eigenvalue weighted by molar-refractivity contribution is 7.12. The lowest BCUT2D eigenvalue weighted by Gasteiger charge is -2.34. The average Bonchev–Trinajstić information content (AvgIpc) is 3.00. The molecule has 108 valence electrons. The van der Waals surface area contributed by atoms with Gasteiger partial charge < -0.3 is 5.73 Å². The minimum Gasteiger partial charge on any atom is -0.326 e. The lowest BCUT2D eigenvalue weighted by atomic mass is 10.1. The number of hydrogen-bond donors (Lipinski definition) is 1. The lowest BCUT2D eigenvalue weighted by Crippen LogP contribution is -2.44. The van der Waals surface area contributed by atoms with Gasteiger partial charge in [0.25, 0.3) is 0 Å². The third kappa shape index (κ3) is 3.94. The maximum atomic E-state index is 12.8. The Bertz CT molecular complexity index is 424. The van der Waals surface area contributed by atoms with Gasteiger partial charge in [0, 0.05) is 21.8 Å². The monoisotopic (exact) mass is 292 g/mol. The Morgan fingerprint density at radius 2 is 2.05 bits per heavy atom. The van der Waals surface area contributed by atoms with Crippen LogP contribution in [-0.4, -0.2) is 29.7 Å². The first-order chi connectivity index (χ1) is 8.78. The molecule has 2 N–H and O–H groups in total. The van der Waals surface area contributed by atoms with E-state index in [2.05, 4.69) is 0 Å². The first kappa shape index (κ1) is 14.8. The van der Waals surface area contributed by atoms with Gasteiger partial charge in [0.1, 0.15) is 0 Å². The minimum atomic E-state index is -4.18. The molecule has 1 aromatic rings. The molecule has 2 rings (SSSR count). The maximum absolute atomic E-state index is 12.8. The van der Waals surface area contributed by atoms with Crippen molar-refractivity contribution in [1.29, 1.82) is 0 Å². The van der Waals surface area contributed by atoms with Crippen molar-refractivity contribution in [3.63, 3.8) is 0 Å². The van der Waals surface area contributed by atoms with Crippen LogP contribution >= 0.6 is 11.3 Å². The number of aryl methyl sites for hydroxylation is 1. The molecule has 0 amide bonds. The van der Waals surface area contributed by atoms with Gasteiger partial charge >= 0.3 is 6.18 Å². The number of hydrogen-bond acceptors (Lipinski definition) is 3. The van der Waals surface area contributed by atoms with Crippen LogP contribution in [0.5, 0.6) is 0 Å². The molecular formula is C13H19F3N2S. The van der Waals surface area contributed by atoms with Gasteiger partial charge in [-0.3, -0.25) is 4.90 Å². The van der Waals surface area contributed by atoms with Crippen molar-refractivity contribution in [3.05, 3.63) is 21.9 Å². The summed E-state index contributed by atoms with van der Waals surface area (Å²) in [6.07, 6.45) is -2.50. The van der Waals surface area contributed by atoms with Crippen LogP contribution in [0.15, 0.2) is 12.1 Å². The molecule has 1 aliphatic rings. The van der Waals surface area contributed by atoms with Crippen LogP contribution in [-0.2, 0) is 0 Å². The SMILES string of the molecule is Cc1ccc(C(C(C)N)N(CC(F)(F)F)C2CC2)s1. The topological polar surface area (TPSA) is 29.3 Å². The third-order valence-electron chi connectivity index (χ3n) is 3.29. The van der Waals surface area contributed by atoms with Gasteiger partial charge in [0.05, 0.1) is 12.6 Å². The van der Waals surface area contributed by atoms with Crippen molar-refractivity contribution >= 4 is 11.3 Å². The molecule has 1 aliphatic carbocycles. The second-order valence-electron chi connectivity index (χ2n) is 5.27. The van der Waals surface area contributed by atoms with Crippen molar-refractivity contribution < 1.29 is 13.2 Å². The summed E-state index contributed by atoms with van der Waals surface area (Å²) in [5, 5.41) is 0. The summed E-state index contributed by atoms with van der Waals surface area (Å²) < 4.78 is 38.3. The average molecular weight is 292 g/mol. The summed E-state index contributed by atoms with van der Waals surface area (Å²) >= 11 is 1.53. The van der Waals surface area contributed by atoms with E-state index in [0.717, 1.165) is 22.6 Å². The number of halogens is 3. The minimum absolute atomic E-state index is 0.0278. The Hall–Kier alpha value is -0.590. The highest BCUT2D eigenvalue weighted by atomic mass is 32.1. The fourth-order valence-electron chi connectivity index (χ4n) is 2.40. The van der Waals surface area contributed by atoms with Gasteiger partial charge in [-0.15, -0.1) is 11.3 Å². The Morgan fingerprint density at radius 1 is 1.42 bits per heavy atom. The number of alkyl halides is 3. The zero-order valence-electron chi connectivity index (χ0n) is 11.1. The number of nitrogens with zero attached hydrogens (tertiary/aromatic N) is 1. The Morgan fingerprint density at radius 3 is 2.42 bits per heavy atom. The summed E-state index contributed by atoms with van der Waals surface area (Å²) in [6, 6.07) is 3.21. The summed E-state index contributed by atoms with van der Waals surface area (Å²) in [4.78, 5) is 3.57. The number of rotatable bonds is 5. The van der Waals surface area contributed by atoms with Crippen LogP contribution in [0.3, 0.4) is 0 Å². The summed E-state index contributed by atoms with van der Waals surface area (Å²) in [5.41, 5.74) is 5.96. The predicted molar refractivity (Wildman–Crippen MR) is 71.2 cm³/mol. The van der Waals surface area contributed by atoms with E-state index in [-0.39, 0.29) is 18.1 Å². The van der Waals surface area contributed by atoms with Crippen LogP contribution in [0, 0.1) is 6.92 Å². The van der Waals surface area contributed by atoms with Crippen LogP contribution in [0.1, 0.15) is 35.6 Å².